The van der Waals surface area contributed by atoms with Crippen molar-refractivity contribution in [3.05, 3.63) is 0 Å². The van der Waals surface area contributed by atoms with Crippen molar-refractivity contribution in [3.8, 4) is 0 Å². The Balaban J connectivity index is 1.56. The Bertz CT molecular complexity index is 305. The van der Waals surface area contributed by atoms with Gasteiger partial charge in [-0.1, -0.05) is 6.42 Å². The molecule has 2 aliphatic heterocycles. The fourth-order valence-corrected chi connectivity index (χ4v) is 3.72. The molecule has 0 bridgehead atoms. The summed E-state index contributed by atoms with van der Waals surface area (Å²) in [5.74, 6) is 0.740. The summed E-state index contributed by atoms with van der Waals surface area (Å²) in [6.45, 7) is 4.83. The highest BCUT2D eigenvalue weighted by Gasteiger charge is 2.43. The molecule has 3 atom stereocenters. The van der Waals surface area contributed by atoms with E-state index in [4.69, 9.17) is 22.0 Å². The van der Waals surface area contributed by atoms with E-state index in [1.54, 1.807) is 4.11 Å². The molecular formula is C13H23N2O2S+. The molecule has 18 heavy (non-hydrogen) atoms. The lowest BCUT2D eigenvalue weighted by molar-refractivity contribution is -0.814. The van der Waals surface area contributed by atoms with Crippen molar-refractivity contribution in [1.82, 2.24) is 4.90 Å². The molecule has 5 heteroatoms. The van der Waals surface area contributed by atoms with E-state index in [1.165, 1.54) is 32.1 Å². The number of morpholine rings is 1. The van der Waals surface area contributed by atoms with E-state index in [1.807, 2.05) is 0 Å². The summed E-state index contributed by atoms with van der Waals surface area (Å²) in [6.07, 6.45) is 6.81. The van der Waals surface area contributed by atoms with Crippen molar-refractivity contribution in [1.29, 1.82) is 0 Å². The summed E-state index contributed by atoms with van der Waals surface area (Å²) in [7, 11) is 0. The van der Waals surface area contributed by atoms with Gasteiger partial charge in [-0.15, -0.1) is 0 Å². The van der Waals surface area contributed by atoms with Crippen LogP contribution in [-0.2, 0) is 22.0 Å². The standard InChI is InChI=1S/C13H23N2O2S/c18-15-12(10-14-5-7-16-8-6-14)9-11-3-1-2-4-13(11)17-15/h11-13H,1-10H2/q+1. The highest BCUT2D eigenvalue weighted by atomic mass is 32.1. The zero-order valence-electron chi connectivity index (χ0n) is 10.9. The second kappa shape index (κ2) is 5.80. The molecule has 0 aromatic rings. The molecule has 0 radical (unpaired) electrons. The van der Waals surface area contributed by atoms with Gasteiger partial charge in [-0.05, 0) is 19.3 Å². The zero-order valence-corrected chi connectivity index (χ0v) is 11.7. The third-order valence-electron chi connectivity index (χ3n) is 4.52. The molecule has 1 saturated carbocycles. The van der Waals surface area contributed by atoms with Gasteiger partial charge in [-0.3, -0.25) is 9.74 Å². The first kappa shape index (κ1) is 12.8. The molecule has 0 N–H and O–H groups in total. The molecule has 3 rings (SSSR count). The largest absolute Gasteiger partial charge is 0.379 e. The average Bonchev–Trinajstić information content (AvgIpc) is 2.41. The molecule has 102 valence electrons. The van der Waals surface area contributed by atoms with Crippen molar-refractivity contribution in [3.63, 3.8) is 0 Å². The summed E-state index contributed by atoms with van der Waals surface area (Å²) in [5.41, 5.74) is 0. The molecule has 3 unspecified atom stereocenters. The van der Waals surface area contributed by atoms with Gasteiger partial charge in [-0.2, -0.15) is 0 Å². The number of hydrogen-bond donors (Lipinski definition) is 0. The summed E-state index contributed by atoms with van der Waals surface area (Å²) in [5, 5.41) is 0. The van der Waals surface area contributed by atoms with Crippen LogP contribution in [0.4, 0.5) is 0 Å². The number of fused-ring (bicyclic) bond motifs is 1. The maximum Gasteiger partial charge on any atom is 0.320 e. The second-order valence-electron chi connectivity index (χ2n) is 5.78. The predicted molar refractivity (Wildman–Crippen MR) is 70.1 cm³/mol. The molecule has 0 amide bonds. The fourth-order valence-electron chi connectivity index (χ4n) is 3.46. The van der Waals surface area contributed by atoms with Crippen molar-refractivity contribution in [2.24, 2.45) is 5.92 Å². The molecule has 3 fully saturated rings. The van der Waals surface area contributed by atoms with Crippen LogP contribution < -0.4 is 0 Å². The Kier molecular flexibility index (Phi) is 4.11. The van der Waals surface area contributed by atoms with E-state index in [0.717, 1.165) is 38.8 Å². The van der Waals surface area contributed by atoms with Crippen LogP contribution in [0.15, 0.2) is 0 Å². The molecule has 1 aliphatic carbocycles. The number of rotatable bonds is 2. The molecular weight excluding hydrogens is 248 g/mol. The van der Waals surface area contributed by atoms with Crippen molar-refractivity contribution < 1.29 is 13.7 Å². The van der Waals surface area contributed by atoms with Crippen LogP contribution in [0.5, 0.6) is 0 Å². The predicted octanol–water partition coefficient (Wildman–Crippen LogP) is 1.32. The highest BCUT2D eigenvalue weighted by Crippen LogP contribution is 2.34. The molecule has 0 aromatic carbocycles. The third kappa shape index (κ3) is 2.83. The first-order valence-electron chi connectivity index (χ1n) is 7.26. The van der Waals surface area contributed by atoms with Gasteiger partial charge in [0.2, 0.25) is 6.04 Å². The minimum Gasteiger partial charge on any atom is -0.379 e. The SMILES string of the molecule is S=[N+]1OC2CCCCC2CC1CN1CCOCC1. The number of ether oxygens (including phenoxy) is 1. The van der Waals surface area contributed by atoms with E-state index >= 15 is 0 Å². The topological polar surface area (TPSA) is 24.7 Å². The van der Waals surface area contributed by atoms with E-state index in [2.05, 4.69) is 4.90 Å². The van der Waals surface area contributed by atoms with E-state index in [9.17, 15) is 0 Å². The number of nitrogens with zero attached hydrogens (tertiary/aromatic N) is 2. The van der Waals surface area contributed by atoms with Crippen LogP contribution in [-0.4, -0.2) is 54.0 Å². The van der Waals surface area contributed by atoms with Gasteiger partial charge in [0.1, 0.15) is 0 Å². The maximum atomic E-state index is 5.93. The monoisotopic (exact) mass is 271 g/mol. The van der Waals surface area contributed by atoms with Crippen molar-refractivity contribution in [2.45, 2.75) is 44.2 Å². The lowest BCUT2D eigenvalue weighted by atomic mass is 9.81. The lowest BCUT2D eigenvalue weighted by Gasteiger charge is -2.36. The normalized spacial score (nSPS) is 38.0. The second-order valence-corrected chi connectivity index (χ2v) is 6.14. The molecule has 2 heterocycles. The van der Waals surface area contributed by atoms with Crippen LogP contribution in [0.25, 0.3) is 0 Å². The molecule has 2 saturated heterocycles. The van der Waals surface area contributed by atoms with Gasteiger partial charge in [0.25, 0.3) is 0 Å². The summed E-state index contributed by atoms with van der Waals surface area (Å²) < 4.78 is 7.11. The number of hydrogen-bond acceptors (Lipinski definition) is 4. The van der Waals surface area contributed by atoms with E-state index in [0.29, 0.717) is 12.1 Å². The third-order valence-corrected chi connectivity index (χ3v) is 4.91. The lowest BCUT2D eigenvalue weighted by Crippen LogP contribution is -2.50. The Hall–Kier alpha value is -0.260. The van der Waals surface area contributed by atoms with Crippen LogP contribution in [0.1, 0.15) is 32.1 Å². The van der Waals surface area contributed by atoms with Gasteiger partial charge in [-0.25, -0.2) is 0 Å². The van der Waals surface area contributed by atoms with Crippen molar-refractivity contribution >= 4 is 12.4 Å². The van der Waals surface area contributed by atoms with E-state index in [-0.39, 0.29) is 0 Å². The Morgan fingerprint density at radius 2 is 1.94 bits per heavy atom. The number of hydroxylamine groups is 1. The summed E-state index contributed by atoms with van der Waals surface area (Å²) >= 11 is 5.40. The Morgan fingerprint density at radius 1 is 1.17 bits per heavy atom. The highest BCUT2D eigenvalue weighted by molar-refractivity contribution is 7.44. The van der Waals surface area contributed by atoms with Crippen molar-refractivity contribution in [2.75, 3.05) is 32.8 Å². The maximum absolute atomic E-state index is 5.93. The van der Waals surface area contributed by atoms with Crippen LogP contribution in [0.2, 0.25) is 0 Å². The fraction of sp³-hybridized carbons (Fsp3) is 1.00. The zero-order chi connectivity index (χ0) is 12.4. The molecule has 0 aromatic heterocycles. The quantitative estimate of drug-likeness (QED) is 0.707. The average molecular weight is 271 g/mol. The first-order valence-corrected chi connectivity index (χ1v) is 7.62. The summed E-state index contributed by atoms with van der Waals surface area (Å²) in [6, 6.07) is 0.387. The van der Waals surface area contributed by atoms with Gasteiger partial charge in [0.05, 0.1) is 23.9 Å². The van der Waals surface area contributed by atoms with Crippen LogP contribution in [0, 0.1) is 5.92 Å². The molecule has 0 spiro atoms. The van der Waals surface area contributed by atoms with E-state index < -0.39 is 0 Å². The smallest absolute Gasteiger partial charge is 0.320 e. The molecule has 3 aliphatic rings. The minimum atomic E-state index is 0.387. The van der Waals surface area contributed by atoms with Gasteiger partial charge in [0, 0.05) is 25.4 Å². The Labute approximate surface area is 114 Å². The minimum absolute atomic E-state index is 0.387. The first-order chi connectivity index (χ1) is 8.83. The Morgan fingerprint density at radius 3 is 2.78 bits per heavy atom. The van der Waals surface area contributed by atoms with Crippen LogP contribution in [0.3, 0.4) is 0 Å². The van der Waals surface area contributed by atoms with Crippen LogP contribution >= 0.6 is 0 Å². The van der Waals surface area contributed by atoms with Gasteiger partial charge >= 0.3 is 12.4 Å². The molecule has 4 nitrogen and oxygen atoms in total. The summed E-state index contributed by atoms with van der Waals surface area (Å²) in [4.78, 5) is 8.39. The van der Waals surface area contributed by atoms with Gasteiger partial charge < -0.3 is 4.74 Å². The van der Waals surface area contributed by atoms with Gasteiger partial charge in [0.15, 0.2) is 6.10 Å².